The van der Waals surface area contributed by atoms with E-state index in [1.807, 2.05) is 18.2 Å². The summed E-state index contributed by atoms with van der Waals surface area (Å²) in [6.45, 7) is 0.884. The van der Waals surface area contributed by atoms with Gasteiger partial charge >= 0.3 is 0 Å². The lowest BCUT2D eigenvalue weighted by molar-refractivity contribution is -0.0403. The summed E-state index contributed by atoms with van der Waals surface area (Å²) in [6, 6.07) is 5.68. The molecule has 1 aromatic rings. The summed E-state index contributed by atoms with van der Waals surface area (Å²) in [4.78, 5) is 0. The van der Waals surface area contributed by atoms with E-state index in [-0.39, 0.29) is 12.9 Å². The Hall–Kier alpha value is -1.26. The summed E-state index contributed by atoms with van der Waals surface area (Å²) in [5.41, 5.74) is 1.03. The molecule has 1 atom stereocenters. The predicted octanol–water partition coefficient (Wildman–Crippen LogP) is 1.75. The average molecular weight is 238 g/mol. The van der Waals surface area contributed by atoms with Crippen LogP contribution in [0.3, 0.4) is 0 Å². The smallest absolute Gasteiger partial charge is 0.200 e. The highest BCUT2D eigenvalue weighted by Gasteiger charge is 2.19. The van der Waals surface area contributed by atoms with E-state index in [0.717, 1.165) is 25.0 Å². The van der Waals surface area contributed by atoms with Gasteiger partial charge in [-0.1, -0.05) is 6.07 Å². The molecule has 1 heterocycles. The van der Waals surface area contributed by atoms with Crippen LogP contribution in [-0.2, 0) is 11.2 Å². The monoisotopic (exact) mass is 238 g/mol. The predicted molar refractivity (Wildman–Crippen MR) is 63.4 cm³/mol. The standard InChI is InChI=1S/C13H18O4/c1-15-11-5-4-10(6-7-14)9-12(11)17-13-3-2-8-16-13/h4-5,9,13-14H,2-3,6-8H2,1H3. The van der Waals surface area contributed by atoms with Gasteiger partial charge in [0.2, 0.25) is 0 Å². The molecule has 4 heteroatoms. The number of aliphatic hydroxyl groups excluding tert-OH is 1. The van der Waals surface area contributed by atoms with Crippen molar-refractivity contribution in [1.82, 2.24) is 0 Å². The molecule has 1 saturated heterocycles. The van der Waals surface area contributed by atoms with Crippen molar-refractivity contribution in [1.29, 1.82) is 0 Å². The molecular weight excluding hydrogens is 220 g/mol. The number of rotatable bonds is 5. The van der Waals surface area contributed by atoms with Gasteiger partial charge in [-0.25, -0.2) is 0 Å². The van der Waals surface area contributed by atoms with Crippen molar-refractivity contribution in [3.63, 3.8) is 0 Å². The fraction of sp³-hybridized carbons (Fsp3) is 0.538. The number of aliphatic hydroxyl groups is 1. The molecule has 0 radical (unpaired) electrons. The molecule has 0 aromatic heterocycles. The Morgan fingerprint density at radius 2 is 2.29 bits per heavy atom. The van der Waals surface area contributed by atoms with Crippen LogP contribution in [0.1, 0.15) is 18.4 Å². The summed E-state index contributed by atoms with van der Waals surface area (Å²) >= 11 is 0. The second-order valence-corrected chi connectivity index (χ2v) is 4.02. The quantitative estimate of drug-likeness (QED) is 0.849. The van der Waals surface area contributed by atoms with Crippen LogP contribution in [0.5, 0.6) is 11.5 Å². The lowest BCUT2D eigenvalue weighted by atomic mass is 10.1. The zero-order chi connectivity index (χ0) is 12.1. The zero-order valence-electron chi connectivity index (χ0n) is 10.0. The molecule has 94 valence electrons. The van der Waals surface area contributed by atoms with Crippen molar-refractivity contribution in [3.8, 4) is 11.5 Å². The SMILES string of the molecule is COc1ccc(CCO)cc1OC1CCCO1. The summed E-state index contributed by atoms with van der Waals surface area (Å²) in [7, 11) is 1.61. The molecule has 1 aliphatic heterocycles. The van der Waals surface area contributed by atoms with E-state index in [1.165, 1.54) is 0 Å². The molecule has 2 rings (SSSR count). The number of hydrogen-bond donors (Lipinski definition) is 1. The normalized spacial score (nSPS) is 19.3. The Morgan fingerprint density at radius 1 is 1.41 bits per heavy atom. The molecule has 17 heavy (non-hydrogen) atoms. The first kappa shape index (κ1) is 12.2. The van der Waals surface area contributed by atoms with Gasteiger partial charge in [0, 0.05) is 13.0 Å². The van der Waals surface area contributed by atoms with Gasteiger partial charge in [0.05, 0.1) is 13.7 Å². The Balaban J connectivity index is 2.12. The Kier molecular flexibility index (Phi) is 4.23. The molecule has 1 fully saturated rings. The van der Waals surface area contributed by atoms with E-state index in [4.69, 9.17) is 19.3 Å². The number of ether oxygens (including phenoxy) is 3. The van der Waals surface area contributed by atoms with Crippen LogP contribution in [0, 0.1) is 0 Å². The third-order valence-corrected chi connectivity index (χ3v) is 2.77. The molecule has 0 bridgehead atoms. The summed E-state index contributed by atoms with van der Waals surface area (Å²) in [5, 5.41) is 8.92. The van der Waals surface area contributed by atoms with Crippen molar-refractivity contribution >= 4 is 0 Å². The fourth-order valence-corrected chi connectivity index (χ4v) is 1.88. The van der Waals surface area contributed by atoms with Crippen LogP contribution < -0.4 is 9.47 Å². The van der Waals surface area contributed by atoms with Gasteiger partial charge in [0.25, 0.3) is 0 Å². The van der Waals surface area contributed by atoms with Crippen molar-refractivity contribution in [3.05, 3.63) is 23.8 Å². The van der Waals surface area contributed by atoms with Crippen molar-refractivity contribution in [2.24, 2.45) is 0 Å². The third-order valence-electron chi connectivity index (χ3n) is 2.77. The first-order chi connectivity index (χ1) is 8.33. The fourth-order valence-electron chi connectivity index (χ4n) is 1.88. The first-order valence-corrected chi connectivity index (χ1v) is 5.89. The maximum atomic E-state index is 8.92. The third kappa shape index (κ3) is 3.11. The van der Waals surface area contributed by atoms with Gasteiger partial charge in [0.15, 0.2) is 17.8 Å². The largest absolute Gasteiger partial charge is 0.493 e. The van der Waals surface area contributed by atoms with Crippen LogP contribution >= 0.6 is 0 Å². The van der Waals surface area contributed by atoms with Crippen molar-refractivity contribution < 1.29 is 19.3 Å². The van der Waals surface area contributed by atoms with E-state index in [9.17, 15) is 0 Å². The molecule has 1 unspecified atom stereocenters. The molecule has 0 amide bonds. The highest BCUT2D eigenvalue weighted by atomic mass is 16.7. The van der Waals surface area contributed by atoms with Crippen LogP contribution in [0.15, 0.2) is 18.2 Å². The van der Waals surface area contributed by atoms with Gasteiger partial charge in [-0.2, -0.15) is 0 Å². The van der Waals surface area contributed by atoms with Crippen LogP contribution in [-0.4, -0.2) is 31.7 Å². The molecule has 0 aliphatic carbocycles. The van der Waals surface area contributed by atoms with Gasteiger partial charge in [-0.15, -0.1) is 0 Å². The number of methoxy groups -OCH3 is 1. The van der Waals surface area contributed by atoms with Gasteiger partial charge in [-0.3, -0.25) is 0 Å². The Bertz CT molecular complexity index is 358. The minimum absolute atomic E-state index is 0.131. The number of hydrogen-bond acceptors (Lipinski definition) is 4. The average Bonchev–Trinajstić information content (AvgIpc) is 2.83. The van der Waals surface area contributed by atoms with E-state index in [0.29, 0.717) is 17.9 Å². The highest BCUT2D eigenvalue weighted by molar-refractivity contribution is 5.43. The van der Waals surface area contributed by atoms with Crippen molar-refractivity contribution in [2.75, 3.05) is 20.3 Å². The molecule has 1 aliphatic rings. The van der Waals surface area contributed by atoms with E-state index >= 15 is 0 Å². The zero-order valence-corrected chi connectivity index (χ0v) is 10.0. The number of benzene rings is 1. The molecule has 0 saturated carbocycles. The topological polar surface area (TPSA) is 47.9 Å². The van der Waals surface area contributed by atoms with Gasteiger partial charge in [0.1, 0.15) is 0 Å². The lowest BCUT2D eigenvalue weighted by Crippen LogP contribution is -2.14. The summed E-state index contributed by atoms with van der Waals surface area (Å²) < 4.78 is 16.4. The summed E-state index contributed by atoms with van der Waals surface area (Å²) in [6.07, 6.45) is 2.39. The van der Waals surface area contributed by atoms with E-state index in [2.05, 4.69) is 0 Å². The van der Waals surface area contributed by atoms with Gasteiger partial charge in [-0.05, 0) is 30.5 Å². The van der Waals surface area contributed by atoms with Crippen LogP contribution in [0.4, 0.5) is 0 Å². The lowest BCUT2D eigenvalue weighted by Gasteiger charge is -2.16. The highest BCUT2D eigenvalue weighted by Crippen LogP contribution is 2.30. The van der Waals surface area contributed by atoms with E-state index < -0.39 is 0 Å². The van der Waals surface area contributed by atoms with E-state index in [1.54, 1.807) is 7.11 Å². The minimum Gasteiger partial charge on any atom is -0.493 e. The first-order valence-electron chi connectivity index (χ1n) is 5.89. The molecule has 1 N–H and O–H groups in total. The van der Waals surface area contributed by atoms with Crippen LogP contribution in [0.25, 0.3) is 0 Å². The maximum Gasteiger partial charge on any atom is 0.200 e. The van der Waals surface area contributed by atoms with Crippen LogP contribution in [0.2, 0.25) is 0 Å². The Morgan fingerprint density at radius 3 is 2.94 bits per heavy atom. The van der Waals surface area contributed by atoms with Gasteiger partial charge < -0.3 is 19.3 Å². The van der Waals surface area contributed by atoms with Crippen molar-refractivity contribution in [2.45, 2.75) is 25.6 Å². The molecular formula is C13H18O4. The maximum absolute atomic E-state index is 8.92. The second-order valence-electron chi connectivity index (χ2n) is 4.02. The second kappa shape index (κ2) is 5.89. The minimum atomic E-state index is -0.173. The molecule has 1 aromatic carbocycles. The molecule has 4 nitrogen and oxygen atoms in total. The molecule has 0 spiro atoms. The Labute approximate surface area is 101 Å². The summed E-state index contributed by atoms with van der Waals surface area (Å²) in [5.74, 6) is 1.38.